The first-order valence-corrected chi connectivity index (χ1v) is 5.93. The van der Waals surface area contributed by atoms with Crippen molar-refractivity contribution < 1.29 is 9.18 Å². The number of hydrogen-bond acceptors (Lipinski definition) is 2. The maximum Gasteiger partial charge on any atom is 0.230 e. The molecular formula is C13H17FN2O. The van der Waals surface area contributed by atoms with E-state index >= 15 is 0 Å². The van der Waals surface area contributed by atoms with Crippen LogP contribution in [0, 0.1) is 5.82 Å². The molecule has 1 saturated carbocycles. The summed E-state index contributed by atoms with van der Waals surface area (Å²) in [6.07, 6.45) is 2.46. The summed E-state index contributed by atoms with van der Waals surface area (Å²) in [5, 5.41) is 2.89. The molecule has 0 aliphatic heterocycles. The summed E-state index contributed by atoms with van der Waals surface area (Å²) in [6.45, 7) is 1.18. The lowest BCUT2D eigenvalue weighted by Crippen LogP contribution is -2.35. The van der Waals surface area contributed by atoms with E-state index in [1.54, 1.807) is 12.1 Å². The summed E-state index contributed by atoms with van der Waals surface area (Å²) < 4.78 is 12.8. The molecule has 4 heteroatoms. The molecule has 0 atom stereocenters. The lowest BCUT2D eigenvalue weighted by atomic mass is 9.95. The fourth-order valence-electron chi connectivity index (χ4n) is 2.01. The fraction of sp³-hybridized carbons (Fsp3) is 0.462. The second-order valence-corrected chi connectivity index (χ2v) is 4.49. The molecule has 3 N–H and O–H groups in total. The predicted octanol–water partition coefficient (Wildman–Crippen LogP) is 1.32. The number of nitrogens with two attached hydrogens (primary N) is 1. The van der Waals surface area contributed by atoms with E-state index in [1.807, 2.05) is 0 Å². The van der Waals surface area contributed by atoms with Crippen molar-refractivity contribution in [2.75, 3.05) is 13.1 Å². The molecule has 17 heavy (non-hydrogen) atoms. The van der Waals surface area contributed by atoms with Gasteiger partial charge in [-0.1, -0.05) is 12.1 Å². The number of carbonyl (C=O) groups is 1. The molecule has 1 aromatic rings. The van der Waals surface area contributed by atoms with Crippen LogP contribution in [0.15, 0.2) is 24.3 Å². The number of halogens is 1. The Hall–Kier alpha value is -1.42. The molecule has 1 aliphatic carbocycles. The molecular weight excluding hydrogens is 219 g/mol. The Kier molecular flexibility index (Phi) is 3.43. The molecule has 3 nitrogen and oxygen atoms in total. The molecule has 0 bridgehead atoms. The molecule has 1 aliphatic rings. The quantitative estimate of drug-likeness (QED) is 0.758. The summed E-state index contributed by atoms with van der Waals surface area (Å²) in [5.74, 6) is -0.231. The Balaban J connectivity index is 2.03. The van der Waals surface area contributed by atoms with Gasteiger partial charge in [0.15, 0.2) is 0 Å². The number of carbonyl (C=O) groups excluding carboxylic acids is 1. The summed E-state index contributed by atoms with van der Waals surface area (Å²) in [4.78, 5) is 12.0. The van der Waals surface area contributed by atoms with Crippen LogP contribution in [0.1, 0.15) is 24.8 Å². The number of nitrogens with one attached hydrogen (secondary N) is 1. The third kappa shape index (κ3) is 2.47. The molecule has 0 unspecified atom stereocenters. The summed E-state index contributed by atoms with van der Waals surface area (Å²) in [5.41, 5.74) is 5.87. The average molecular weight is 236 g/mol. The zero-order valence-corrected chi connectivity index (χ0v) is 9.71. The fourth-order valence-corrected chi connectivity index (χ4v) is 2.01. The van der Waals surface area contributed by atoms with Crippen molar-refractivity contribution in [3.63, 3.8) is 0 Å². The molecule has 1 amide bonds. The second kappa shape index (κ2) is 4.84. The molecule has 2 rings (SSSR count). The van der Waals surface area contributed by atoms with Crippen LogP contribution in [-0.2, 0) is 10.2 Å². The first kappa shape index (κ1) is 12.0. The third-order valence-corrected chi connectivity index (χ3v) is 3.25. The topological polar surface area (TPSA) is 55.1 Å². The number of rotatable bonds is 5. The molecule has 0 aromatic heterocycles. The minimum atomic E-state index is -0.414. The number of benzene rings is 1. The van der Waals surface area contributed by atoms with E-state index in [1.165, 1.54) is 12.1 Å². The van der Waals surface area contributed by atoms with Gasteiger partial charge in [-0.2, -0.15) is 0 Å². The zero-order chi connectivity index (χ0) is 12.3. The lowest BCUT2D eigenvalue weighted by Gasteiger charge is -2.15. The standard InChI is InChI=1S/C13H17FN2O/c14-11-4-2-10(3-5-11)13(6-7-13)12(17)16-9-1-8-15/h2-5H,1,6-9,15H2,(H,16,17). The molecule has 0 heterocycles. The van der Waals surface area contributed by atoms with Gasteiger partial charge in [0.25, 0.3) is 0 Å². The van der Waals surface area contributed by atoms with E-state index in [2.05, 4.69) is 5.32 Å². The van der Waals surface area contributed by atoms with Crippen LogP contribution in [-0.4, -0.2) is 19.0 Å². The van der Waals surface area contributed by atoms with Gasteiger partial charge in [0.05, 0.1) is 5.41 Å². The first-order valence-electron chi connectivity index (χ1n) is 5.93. The van der Waals surface area contributed by atoms with Crippen LogP contribution in [0.3, 0.4) is 0 Å². The Labute approximate surface area is 100 Å². The highest BCUT2D eigenvalue weighted by Gasteiger charge is 2.50. The van der Waals surface area contributed by atoms with E-state index < -0.39 is 5.41 Å². The number of hydrogen-bond donors (Lipinski definition) is 2. The number of amides is 1. The smallest absolute Gasteiger partial charge is 0.230 e. The first-order chi connectivity index (χ1) is 8.19. The largest absolute Gasteiger partial charge is 0.355 e. The summed E-state index contributed by atoms with van der Waals surface area (Å²) in [6, 6.07) is 6.21. The van der Waals surface area contributed by atoms with Crippen molar-refractivity contribution in [3.8, 4) is 0 Å². The molecule has 1 aromatic carbocycles. The molecule has 0 spiro atoms. The molecule has 0 saturated heterocycles. The van der Waals surface area contributed by atoms with Crippen LogP contribution in [0.25, 0.3) is 0 Å². The SMILES string of the molecule is NCCCNC(=O)C1(c2ccc(F)cc2)CC1. The van der Waals surface area contributed by atoms with Gasteiger partial charge in [-0.15, -0.1) is 0 Å². The Morgan fingerprint density at radius 1 is 1.35 bits per heavy atom. The lowest BCUT2D eigenvalue weighted by molar-refractivity contribution is -0.123. The Morgan fingerprint density at radius 3 is 2.53 bits per heavy atom. The van der Waals surface area contributed by atoms with Gasteiger partial charge >= 0.3 is 0 Å². The highest BCUT2D eigenvalue weighted by molar-refractivity contribution is 5.91. The average Bonchev–Trinajstić information content (AvgIpc) is 3.11. The summed E-state index contributed by atoms with van der Waals surface area (Å²) >= 11 is 0. The molecule has 92 valence electrons. The van der Waals surface area contributed by atoms with Gasteiger partial charge in [0.2, 0.25) is 5.91 Å². The van der Waals surface area contributed by atoms with Crippen molar-refractivity contribution in [1.82, 2.24) is 5.32 Å². The van der Waals surface area contributed by atoms with Crippen LogP contribution in [0.5, 0.6) is 0 Å². The van der Waals surface area contributed by atoms with E-state index in [9.17, 15) is 9.18 Å². The highest BCUT2D eigenvalue weighted by Crippen LogP contribution is 2.48. The minimum Gasteiger partial charge on any atom is -0.355 e. The normalized spacial score (nSPS) is 16.6. The van der Waals surface area contributed by atoms with E-state index in [-0.39, 0.29) is 11.7 Å². The van der Waals surface area contributed by atoms with Gasteiger partial charge in [-0.05, 0) is 43.5 Å². The zero-order valence-electron chi connectivity index (χ0n) is 9.71. The Bertz CT molecular complexity index is 398. The summed E-state index contributed by atoms with van der Waals surface area (Å²) in [7, 11) is 0. The van der Waals surface area contributed by atoms with Crippen LogP contribution < -0.4 is 11.1 Å². The van der Waals surface area contributed by atoms with Crippen molar-refractivity contribution >= 4 is 5.91 Å². The highest BCUT2D eigenvalue weighted by atomic mass is 19.1. The predicted molar refractivity (Wildman–Crippen MR) is 64.0 cm³/mol. The minimum absolute atomic E-state index is 0.0394. The van der Waals surface area contributed by atoms with Gasteiger partial charge in [0.1, 0.15) is 5.82 Å². The van der Waals surface area contributed by atoms with Crippen LogP contribution in [0.4, 0.5) is 4.39 Å². The van der Waals surface area contributed by atoms with Crippen molar-refractivity contribution in [2.24, 2.45) is 5.73 Å². The van der Waals surface area contributed by atoms with Gasteiger partial charge in [-0.25, -0.2) is 4.39 Å². The molecule has 1 fully saturated rings. The maximum absolute atomic E-state index is 12.8. The third-order valence-electron chi connectivity index (χ3n) is 3.25. The second-order valence-electron chi connectivity index (χ2n) is 4.49. The van der Waals surface area contributed by atoms with Crippen molar-refractivity contribution in [1.29, 1.82) is 0 Å². The van der Waals surface area contributed by atoms with Gasteiger partial charge in [-0.3, -0.25) is 4.79 Å². The Morgan fingerprint density at radius 2 is 2.00 bits per heavy atom. The van der Waals surface area contributed by atoms with Crippen molar-refractivity contribution in [3.05, 3.63) is 35.6 Å². The van der Waals surface area contributed by atoms with Gasteiger partial charge in [0, 0.05) is 6.54 Å². The van der Waals surface area contributed by atoms with Crippen molar-refractivity contribution in [2.45, 2.75) is 24.7 Å². The molecule has 0 radical (unpaired) electrons. The van der Waals surface area contributed by atoms with E-state index in [4.69, 9.17) is 5.73 Å². The van der Waals surface area contributed by atoms with E-state index in [0.29, 0.717) is 13.1 Å². The van der Waals surface area contributed by atoms with Crippen LogP contribution >= 0.6 is 0 Å². The maximum atomic E-state index is 12.8. The monoisotopic (exact) mass is 236 g/mol. The van der Waals surface area contributed by atoms with Crippen LogP contribution in [0.2, 0.25) is 0 Å². The van der Waals surface area contributed by atoms with Gasteiger partial charge < -0.3 is 11.1 Å². The van der Waals surface area contributed by atoms with E-state index in [0.717, 1.165) is 24.8 Å².